The molecule has 0 aliphatic carbocycles. The molecule has 2 aromatic rings. The number of carbonyl (C=O) groups is 1. The fourth-order valence-corrected chi connectivity index (χ4v) is 4.07. The third kappa shape index (κ3) is 13.9. The zero-order valence-electron chi connectivity index (χ0n) is 22.2. The second kappa shape index (κ2) is 18.9. The van der Waals surface area contributed by atoms with E-state index in [-0.39, 0.29) is 12.3 Å². The van der Waals surface area contributed by atoms with Crippen molar-refractivity contribution < 1.29 is 14.3 Å². The van der Waals surface area contributed by atoms with Crippen LogP contribution in [0.1, 0.15) is 69.2 Å². The number of aryl methyl sites for hydroxylation is 3. The number of hydrogen-bond acceptors (Lipinski definition) is 3. The number of likely N-dealkylation sites (tertiary alicyclic amines) is 1. The Bertz CT molecular complexity index is 901. The number of rotatable bonds is 5. The van der Waals surface area contributed by atoms with E-state index in [1.165, 1.54) is 45.0 Å². The molecule has 1 heterocycles. The van der Waals surface area contributed by atoms with Crippen LogP contribution in [0.2, 0.25) is 5.02 Å². The van der Waals surface area contributed by atoms with E-state index in [0.717, 1.165) is 34.9 Å². The summed E-state index contributed by atoms with van der Waals surface area (Å²) in [5, 5.41) is 15.9. The van der Waals surface area contributed by atoms with Crippen LogP contribution in [-0.2, 0) is 11.2 Å². The van der Waals surface area contributed by atoms with Crippen molar-refractivity contribution in [2.45, 2.75) is 67.2 Å². The summed E-state index contributed by atoms with van der Waals surface area (Å²) in [7, 11) is 0. The van der Waals surface area contributed by atoms with E-state index < -0.39 is 0 Å². The molecule has 3 rings (SSSR count). The second-order valence-corrected chi connectivity index (χ2v) is 9.39. The van der Waals surface area contributed by atoms with Crippen LogP contribution in [0.25, 0.3) is 0 Å². The molecule has 35 heavy (non-hydrogen) atoms. The van der Waals surface area contributed by atoms with Crippen LogP contribution in [0.5, 0.6) is 0 Å². The van der Waals surface area contributed by atoms with Gasteiger partial charge in [0.1, 0.15) is 11.9 Å². The molecule has 0 radical (unpaired) electrons. The van der Waals surface area contributed by atoms with Crippen molar-refractivity contribution in [1.29, 1.82) is 5.26 Å². The van der Waals surface area contributed by atoms with Gasteiger partial charge in [-0.05, 0) is 74.4 Å². The van der Waals surface area contributed by atoms with Gasteiger partial charge in [0.2, 0.25) is 0 Å². The van der Waals surface area contributed by atoms with Crippen LogP contribution >= 0.6 is 11.6 Å². The van der Waals surface area contributed by atoms with Gasteiger partial charge in [0.25, 0.3) is 6.47 Å². The van der Waals surface area contributed by atoms with E-state index in [9.17, 15) is 4.39 Å². The summed E-state index contributed by atoms with van der Waals surface area (Å²) in [5.41, 5.74) is 3.54. The number of hydrogen-bond donors (Lipinski definition) is 1. The van der Waals surface area contributed by atoms with Crippen molar-refractivity contribution in [2.75, 3.05) is 19.6 Å². The van der Waals surface area contributed by atoms with Crippen LogP contribution in [0.15, 0.2) is 36.4 Å². The first-order chi connectivity index (χ1) is 16.6. The summed E-state index contributed by atoms with van der Waals surface area (Å²) in [6, 6.07) is 12.5. The van der Waals surface area contributed by atoms with Gasteiger partial charge in [-0.3, -0.25) is 4.79 Å². The largest absolute Gasteiger partial charge is 0.483 e. The van der Waals surface area contributed by atoms with Gasteiger partial charge in [-0.15, -0.1) is 0 Å². The molecule has 4 nitrogen and oxygen atoms in total. The molecule has 0 amide bonds. The molecular formula is C29H42ClFN2O2. The lowest BCUT2D eigenvalue weighted by atomic mass is 10.0. The molecule has 1 saturated heterocycles. The topological polar surface area (TPSA) is 64.3 Å². The molecule has 0 spiro atoms. The fraction of sp³-hybridized carbons (Fsp3) is 0.517. The van der Waals surface area contributed by atoms with Gasteiger partial charge in [0, 0.05) is 13.1 Å². The normalized spacial score (nSPS) is 14.5. The van der Waals surface area contributed by atoms with E-state index in [1.807, 2.05) is 39.0 Å². The molecule has 194 valence electrons. The Morgan fingerprint density at radius 2 is 1.74 bits per heavy atom. The van der Waals surface area contributed by atoms with Crippen molar-refractivity contribution in [3.8, 4) is 6.07 Å². The van der Waals surface area contributed by atoms with Crippen molar-refractivity contribution in [2.24, 2.45) is 11.8 Å². The SMILES string of the molecule is CCC(CC)CN1CCC(C)C1.CCc1cc(C)ccc1F.Cc1ccc(C#N)c(Cl)c1.O=CO. The highest BCUT2D eigenvalue weighted by Crippen LogP contribution is 2.19. The lowest BCUT2D eigenvalue weighted by molar-refractivity contribution is -0.122. The fourth-order valence-electron chi connectivity index (χ4n) is 3.79. The Kier molecular flexibility index (Phi) is 17.5. The molecule has 1 unspecified atom stereocenters. The van der Waals surface area contributed by atoms with Crippen LogP contribution < -0.4 is 0 Å². The molecule has 0 aromatic heterocycles. The van der Waals surface area contributed by atoms with Crippen molar-refractivity contribution in [3.63, 3.8) is 0 Å². The monoisotopic (exact) mass is 504 g/mol. The number of benzene rings is 2. The van der Waals surface area contributed by atoms with Gasteiger partial charge in [0.05, 0.1) is 10.6 Å². The highest BCUT2D eigenvalue weighted by molar-refractivity contribution is 6.31. The number of carboxylic acid groups (broad SMARTS) is 1. The average Bonchev–Trinajstić information content (AvgIpc) is 3.25. The predicted molar refractivity (Wildman–Crippen MR) is 144 cm³/mol. The summed E-state index contributed by atoms with van der Waals surface area (Å²) in [6.07, 6.45) is 4.89. The van der Waals surface area contributed by atoms with E-state index >= 15 is 0 Å². The molecular weight excluding hydrogens is 463 g/mol. The zero-order valence-corrected chi connectivity index (χ0v) is 22.9. The first-order valence-corrected chi connectivity index (χ1v) is 12.7. The Hall–Kier alpha value is -2.42. The van der Waals surface area contributed by atoms with Crippen LogP contribution in [0.3, 0.4) is 0 Å². The smallest absolute Gasteiger partial charge is 0.290 e. The predicted octanol–water partition coefficient (Wildman–Crippen LogP) is 7.68. The maximum absolute atomic E-state index is 12.8. The third-order valence-corrected chi connectivity index (χ3v) is 6.32. The van der Waals surface area contributed by atoms with Crippen molar-refractivity contribution in [3.05, 3.63) is 69.5 Å². The number of halogens is 2. The molecule has 0 saturated carbocycles. The standard InChI is InChI=1S/C11H23N.C9H11F.C8H6ClN.CH2O2/c1-4-11(5-2)9-12-7-6-10(3)8-12;1-3-8-6-7(2)4-5-9(8)10;1-6-2-3-7(5-10)8(9)4-6;2-1-3/h10-11H,4-9H2,1-3H3;4-6H,3H2,1-2H3;2-4H,1H3;1H,(H,2,3). The van der Waals surface area contributed by atoms with Gasteiger partial charge in [-0.2, -0.15) is 5.26 Å². The first kappa shape index (κ1) is 32.6. The second-order valence-electron chi connectivity index (χ2n) is 8.98. The minimum Gasteiger partial charge on any atom is -0.483 e. The average molecular weight is 505 g/mol. The van der Waals surface area contributed by atoms with Gasteiger partial charge in [-0.25, -0.2) is 4.39 Å². The van der Waals surface area contributed by atoms with Gasteiger partial charge < -0.3 is 10.0 Å². The summed E-state index contributed by atoms with van der Waals surface area (Å²) < 4.78 is 12.8. The molecule has 1 aliphatic rings. The molecule has 6 heteroatoms. The Balaban J connectivity index is 0.000000471. The Labute approximate surface area is 216 Å². The molecule has 0 bridgehead atoms. The van der Waals surface area contributed by atoms with Crippen molar-refractivity contribution >= 4 is 18.1 Å². The maximum atomic E-state index is 12.8. The van der Waals surface area contributed by atoms with E-state index in [1.54, 1.807) is 18.2 Å². The lowest BCUT2D eigenvalue weighted by Crippen LogP contribution is -2.26. The maximum Gasteiger partial charge on any atom is 0.290 e. The van der Waals surface area contributed by atoms with Crippen LogP contribution in [0, 0.1) is 42.8 Å². The van der Waals surface area contributed by atoms with E-state index in [2.05, 4.69) is 25.7 Å². The van der Waals surface area contributed by atoms with E-state index in [4.69, 9.17) is 26.8 Å². The van der Waals surface area contributed by atoms with Crippen molar-refractivity contribution in [1.82, 2.24) is 4.90 Å². The molecule has 1 fully saturated rings. The van der Waals surface area contributed by atoms with Gasteiger partial charge >= 0.3 is 0 Å². The highest BCUT2D eigenvalue weighted by Gasteiger charge is 2.20. The highest BCUT2D eigenvalue weighted by atomic mass is 35.5. The quantitative estimate of drug-likeness (QED) is 0.424. The lowest BCUT2D eigenvalue weighted by Gasteiger charge is -2.21. The molecule has 1 atom stereocenters. The first-order valence-electron chi connectivity index (χ1n) is 12.4. The Morgan fingerprint density at radius 3 is 2.17 bits per heavy atom. The van der Waals surface area contributed by atoms with Gasteiger partial charge in [-0.1, -0.05) is 75.9 Å². The van der Waals surface area contributed by atoms with E-state index in [0.29, 0.717) is 10.6 Å². The molecule has 2 aromatic carbocycles. The van der Waals surface area contributed by atoms with Crippen LogP contribution in [0.4, 0.5) is 4.39 Å². The third-order valence-electron chi connectivity index (χ3n) is 6.01. The molecule has 1 aliphatic heterocycles. The number of nitriles is 1. The van der Waals surface area contributed by atoms with Crippen LogP contribution in [-0.4, -0.2) is 36.1 Å². The summed E-state index contributed by atoms with van der Waals surface area (Å²) in [6.45, 7) is 16.6. The molecule has 1 N–H and O–H groups in total. The number of nitrogens with zero attached hydrogens (tertiary/aromatic N) is 2. The summed E-state index contributed by atoms with van der Waals surface area (Å²) >= 11 is 5.71. The Morgan fingerprint density at radius 1 is 1.17 bits per heavy atom. The summed E-state index contributed by atoms with van der Waals surface area (Å²) in [4.78, 5) is 11.0. The zero-order chi connectivity index (χ0) is 26.8. The minimum absolute atomic E-state index is 0.0897. The summed E-state index contributed by atoms with van der Waals surface area (Å²) in [5.74, 6) is 1.79. The minimum atomic E-state index is -0.250. The van der Waals surface area contributed by atoms with Gasteiger partial charge in [0.15, 0.2) is 0 Å².